The third kappa shape index (κ3) is 2.65. The summed E-state index contributed by atoms with van der Waals surface area (Å²) in [4.78, 5) is 6.24. The van der Waals surface area contributed by atoms with Crippen molar-refractivity contribution in [2.24, 2.45) is 10.9 Å². The van der Waals surface area contributed by atoms with Crippen LogP contribution < -0.4 is 10.6 Å². The molecule has 1 aromatic carbocycles. The van der Waals surface area contributed by atoms with Crippen molar-refractivity contribution < 1.29 is 5.21 Å². The summed E-state index contributed by atoms with van der Waals surface area (Å²) in [5.74, 6) is 0.00461. The molecule has 0 fully saturated rings. The summed E-state index contributed by atoms with van der Waals surface area (Å²) >= 11 is 0. The van der Waals surface area contributed by atoms with Crippen LogP contribution in [0.1, 0.15) is 12.6 Å². The quantitative estimate of drug-likeness (QED) is 0.381. The molecular formula is C14H16N4O. The van der Waals surface area contributed by atoms with E-state index in [1.807, 2.05) is 49.4 Å². The molecule has 5 nitrogen and oxygen atoms in total. The van der Waals surface area contributed by atoms with E-state index < -0.39 is 0 Å². The smallest absolute Gasteiger partial charge is 0.190 e. The van der Waals surface area contributed by atoms with E-state index in [0.29, 0.717) is 5.69 Å². The number of hydrogen-bond donors (Lipinski definition) is 2. The standard InChI is InChI=1S/C14H16N4O/c1-2-18(11-7-4-3-5-8-11)12-9-6-10-16-13(12)14(15)17-19/h3-10,19H,2H2,1H3,(H2,15,17). The van der Waals surface area contributed by atoms with Crippen LogP contribution in [0.3, 0.4) is 0 Å². The molecule has 2 aromatic rings. The molecule has 0 aliphatic carbocycles. The molecule has 0 saturated carbocycles. The zero-order valence-corrected chi connectivity index (χ0v) is 10.7. The van der Waals surface area contributed by atoms with Gasteiger partial charge in [0.2, 0.25) is 0 Å². The fraction of sp³-hybridized carbons (Fsp3) is 0.143. The van der Waals surface area contributed by atoms with Crippen LogP contribution in [0.2, 0.25) is 0 Å². The summed E-state index contributed by atoms with van der Waals surface area (Å²) in [5, 5.41) is 11.9. The van der Waals surface area contributed by atoms with Gasteiger partial charge in [0, 0.05) is 18.4 Å². The van der Waals surface area contributed by atoms with E-state index in [1.54, 1.807) is 6.20 Å². The lowest BCUT2D eigenvalue weighted by atomic mass is 10.2. The molecule has 0 aliphatic heterocycles. The average Bonchev–Trinajstić information content (AvgIpc) is 2.49. The van der Waals surface area contributed by atoms with Crippen molar-refractivity contribution in [1.82, 2.24) is 4.98 Å². The van der Waals surface area contributed by atoms with E-state index in [4.69, 9.17) is 10.9 Å². The van der Waals surface area contributed by atoms with Crippen molar-refractivity contribution >= 4 is 17.2 Å². The van der Waals surface area contributed by atoms with Crippen LogP contribution in [-0.2, 0) is 0 Å². The topological polar surface area (TPSA) is 74.7 Å². The first-order valence-corrected chi connectivity index (χ1v) is 6.03. The minimum absolute atomic E-state index is 0.00461. The van der Waals surface area contributed by atoms with Gasteiger partial charge in [0.15, 0.2) is 5.84 Å². The van der Waals surface area contributed by atoms with Gasteiger partial charge in [-0.2, -0.15) is 0 Å². The van der Waals surface area contributed by atoms with E-state index in [9.17, 15) is 0 Å². The molecule has 1 aromatic heterocycles. The van der Waals surface area contributed by atoms with Crippen LogP contribution in [0.15, 0.2) is 53.8 Å². The monoisotopic (exact) mass is 256 g/mol. The van der Waals surface area contributed by atoms with Gasteiger partial charge in [-0.15, -0.1) is 0 Å². The first-order chi connectivity index (χ1) is 9.27. The maximum absolute atomic E-state index is 8.84. The molecule has 1 heterocycles. The van der Waals surface area contributed by atoms with Crippen LogP contribution in [0, 0.1) is 0 Å². The molecule has 0 amide bonds. The Morgan fingerprint density at radius 3 is 2.63 bits per heavy atom. The first-order valence-electron chi connectivity index (χ1n) is 6.03. The Hall–Kier alpha value is -2.56. The Kier molecular flexibility index (Phi) is 3.97. The normalized spacial score (nSPS) is 11.3. The molecule has 0 radical (unpaired) electrons. The second-order valence-electron chi connectivity index (χ2n) is 3.94. The molecule has 3 N–H and O–H groups in total. The molecule has 98 valence electrons. The zero-order chi connectivity index (χ0) is 13.7. The number of aromatic nitrogens is 1. The highest BCUT2D eigenvalue weighted by molar-refractivity contribution is 6.01. The fourth-order valence-corrected chi connectivity index (χ4v) is 1.96. The minimum atomic E-state index is 0.00461. The van der Waals surface area contributed by atoms with E-state index in [1.165, 1.54) is 0 Å². The second-order valence-corrected chi connectivity index (χ2v) is 3.94. The maximum Gasteiger partial charge on any atom is 0.190 e. The molecule has 0 aliphatic rings. The van der Waals surface area contributed by atoms with Crippen LogP contribution in [0.4, 0.5) is 11.4 Å². The van der Waals surface area contributed by atoms with Gasteiger partial charge in [-0.25, -0.2) is 0 Å². The summed E-state index contributed by atoms with van der Waals surface area (Å²) in [6.07, 6.45) is 1.62. The van der Waals surface area contributed by atoms with Crippen LogP contribution in [0.25, 0.3) is 0 Å². The molecule has 0 spiro atoms. The molecule has 0 atom stereocenters. The van der Waals surface area contributed by atoms with Crippen LogP contribution >= 0.6 is 0 Å². The van der Waals surface area contributed by atoms with Gasteiger partial charge in [-0.05, 0) is 31.2 Å². The Balaban J connectivity index is 2.51. The van der Waals surface area contributed by atoms with Crippen LogP contribution in [-0.4, -0.2) is 22.6 Å². The maximum atomic E-state index is 8.84. The van der Waals surface area contributed by atoms with Crippen molar-refractivity contribution in [3.05, 3.63) is 54.4 Å². The van der Waals surface area contributed by atoms with E-state index in [-0.39, 0.29) is 5.84 Å². The number of hydrogen-bond acceptors (Lipinski definition) is 4. The molecule has 2 rings (SSSR count). The van der Waals surface area contributed by atoms with Crippen molar-refractivity contribution in [3.8, 4) is 0 Å². The van der Waals surface area contributed by atoms with E-state index in [0.717, 1.165) is 17.9 Å². The number of anilines is 2. The highest BCUT2D eigenvalue weighted by Gasteiger charge is 2.15. The lowest BCUT2D eigenvalue weighted by molar-refractivity contribution is 0.318. The number of nitrogens with two attached hydrogens (primary N) is 1. The Morgan fingerprint density at radius 2 is 2.00 bits per heavy atom. The fourth-order valence-electron chi connectivity index (χ4n) is 1.96. The number of benzene rings is 1. The van der Waals surface area contributed by atoms with Gasteiger partial charge in [0.05, 0.1) is 5.69 Å². The number of rotatable bonds is 4. The van der Waals surface area contributed by atoms with Gasteiger partial charge < -0.3 is 15.8 Å². The molecule has 0 unspecified atom stereocenters. The van der Waals surface area contributed by atoms with Crippen molar-refractivity contribution in [2.45, 2.75) is 6.92 Å². The van der Waals surface area contributed by atoms with Crippen molar-refractivity contribution in [3.63, 3.8) is 0 Å². The predicted molar refractivity (Wildman–Crippen MR) is 75.9 cm³/mol. The van der Waals surface area contributed by atoms with Gasteiger partial charge in [0.1, 0.15) is 5.69 Å². The van der Waals surface area contributed by atoms with Gasteiger partial charge >= 0.3 is 0 Å². The first kappa shape index (κ1) is 12.9. The van der Waals surface area contributed by atoms with E-state index >= 15 is 0 Å². The molecule has 0 bridgehead atoms. The van der Waals surface area contributed by atoms with Gasteiger partial charge in [-0.1, -0.05) is 23.4 Å². The molecular weight excluding hydrogens is 240 g/mol. The Morgan fingerprint density at radius 1 is 1.26 bits per heavy atom. The molecule has 19 heavy (non-hydrogen) atoms. The third-order valence-electron chi connectivity index (χ3n) is 2.81. The predicted octanol–water partition coefficient (Wildman–Crippen LogP) is 2.33. The molecule has 5 heteroatoms. The number of nitrogens with zero attached hydrogens (tertiary/aromatic N) is 3. The average molecular weight is 256 g/mol. The molecule has 0 saturated heterocycles. The van der Waals surface area contributed by atoms with Gasteiger partial charge in [0.25, 0.3) is 0 Å². The second kappa shape index (κ2) is 5.86. The summed E-state index contributed by atoms with van der Waals surface area (Å²) < 4.78 is 0. The lowest BCUT2D eigenvalue weighted by Crippen LogP contribution is -2.23. The SMILES string of the molecule is CCN(c1ccccc1)c1cccnc1/C(N)=N/O. The lowest BCUT2D eigenvalue weighted by Gasteiger charge is -2.24. The third-order valence-corrected chi connectivity index (χ3v) is 2.81. The summed E-state index contributed by atoms with van der Waals surface area (Å²) in [6.45, 7) is 2.79. The number of para-hydroxylation sites is 1. The van der Waals surface area contributed by atoms with Crippen LogP contribution in [0.5, 0.6) is 0 Å². The highest BCUT2D eigenvalue weighted by atomic mass is 16.4. The Labute approximate surface area is 112 Å². The largest absolute Gasteiger partial charge is 0.409 e. The highest BCUT2D eigenvalue weighted by Crippen LogP contribution is 2.26. The number of pyridine rings is 1. The van der Waals surface area contributed by atoms with Crippen molar-refractivity contribution in [1.29, 1.82) is 0 Å². The minimum Gasteiger partial charge on any atom is -0.409 e. The summed E-state index contributed by atoms with van der Waals surface area (Å²) in [5.41, 5.74) is 7.99. The van der Waals surface area contributed by atoms with Crippen molar-refractivity contribution in [2.75, 3.05) is 11.4 Å². The zero-order valence-electron chi connectivity index (χ0n) is 10.7. The number of amidine groups is 1. The summed E-state index contributed by atoms with van der Waals surface area (Å²) in [6, 6.07) is 13.6. The Bertz CT molecular complexity index is 569. The number of oxime groups is 1. The van der Waals surface area contributed by atoms with E-state index in [2.05, 4.69) is 15.0 Å². The van der Waals surface area contributed by atoms with Gasteiger partial charge in [-0.3, -0.25) is 4.98 Å². The summed E-state index contributed by atoms with van der Waals surface area (Å²) in [7, 11) is 0.